The Bertz CT molecular complexity index is 160. The van der Waals surface area contributed by atoms with E-state index in [0.717, 1.165) is 19.3 Å². The van der Waals surface area contributed by atoms with Gasteiger partial charge in [-0.3, -0.25) is 4.79 Å². The van der Waals surface area contributed by atoms with Gasteiger partial charge in [-0.15, -0.1) is 0 Å². The normalized spacial score (nSPS) is 12.5. The summed E-state index contributed by atoms with van der Waals surface area (Å²) in [5.74, 6) is -0.143. The predicted molar refractivity (Wildman–Crippen MR) is 62.9 cm³/mol. The molecule has 0 spiro atoms. The van der Waals surface area contributed by atoms with Crippen molar-refractivity contribution in [1.29, 1.82) is 0 Å². The summed E-state index contributed by atoms with van der Waals surface area (Å²) in [5, 5.41) is 3.27. The molecule has 90 valence electrons. The Kier molecular flexibility index (Phi) is 9.59. The van der Waals surface area contributed by atoms with Crippen LogP contribution in [-0.2, 0) is 9.53 Å². The van der Waals surface area contributed by atoms with E-state index < -0.39 is 0 Å². The van der Waals surface area contributed by atoms with Crippen molar-refractivity contribution in [1.82, 2.24) is 5.32 Å². The third-order valence-electron chi connectivity index (χ3n) is 2.38. The number of ether oxygens (including phenoxy) is 1. The number of esters is 1. The third-order valence-corrected chi connectivity index (χ3v) is 2.38. The maximum atomic E-state index is 11.1. The van der Waals surface area contributed by atoms with Crippen LogP contribution in [0, 0.1) is 0 Å². The van der Waals surface area contributed by atoms with E-state index in [4.69, 9.17) is 4.74 Å². The van der Waals surface area contributed by atoms with Crippen molar-refractivity contribution >= 4 is 5.97 Å². The van der Waals surface area contributed by atoms with Gasteiger partial charge in [0.1, 0.15) is 0 Å². The van der Waals surface area contributed by atoms with E-state index in [0.29, 0.717) is 19.2 Å². The van der Waals surface area contributed by atoms with Gasteiger partial charge < -0.3 is 10.1 Å². The van der Waals surface area contributed by atoms with Crippen LogP contribution >= 0.6 is 0 Å². The van der Waals surface area contributed by atoms with Crippen molar-refractivity contribution in [2.75, 3.05) is 13.2 Å². The molecule has 0 aromatic rings. The fraction of sp³-hybridized carbons (Fsp3) is 0.917. The Morgan fingerprint density at radius 3 is 2.47 bits per heavy atom. The lowest BCUT2D eigenvalue weighted by molar-refractivity contribution is -0.142. The number of carbonyl (C=O) groups excluding carboxylic acids is 1. The Hall–Kier alpha value is -0.570. The molecule has 0 bridgehead atoms. The van der Waals surface area contributed by atoms with Crippen molar-refractivity contribution in [2.45, 2.75) is 58.9 Å². The van der Waals surface area contributed by atoms with Crippen molar-refractivity contribution in [3.63, 3.8) is 0 Å². The quantitative estimate of drug-likeness (QED) is 0.601. The fourth-order valence-electron chi connectivity index (χ4n) is 1.59. The summed E-state index contributed by atoms with van der Waals surface area (Å²) in [6.07, 6.45) is 5.88. The molecule has 0 amide bonds. The molecule has 0 aliphatic heterocycles. The average Bonchev–Trinajstić information content (AvgIpc) is 2.22. The second-order valence-electron chi connectivity index (χ2n) is 3.81. The largest absolute Gasteiger partial charge is 0.465 e. The number of rotatable bonds is 9. The summed E-state index contributed by atoms with van der Waals surface area (Å²) in [7, 11) is 0. The molecule has 0 aliphatic rings. The summed E-state index contributed by atoms with van der Waals surface area (Å²) in [6, 6.07) is 0.472. The molecule has 3 nitrogen and oxygen atoms in total. The summed E-state index contributed by atoms with van der Waals surface area (Å²) in [5.41, 5.74) is 0. The van der Waals surface area contributed by atoms with Crippen LogP contribution < -0.4 is 5.32 Å². The number of hydrogen-bond acceptors (Lipinski definition) is 3. The van der Waals surface area contributed by atoms with E-state index in [1.807, 2.05) is 6.92 Å². The zero-order valence-corrected chi connectivity index (χ0v) is 10.3. The summed E-state index contributed by atoms with van der Waals surface area (Å²) in [6.45, 7) is 7.01. The number of nitrogens with one attached hydrogen (secondary N) is 1. The third kappa shape index (κ3) is 8.43. The molecule has 0 saturated carbocycles. The van der Waals surface area contributed by atoms with Gasteiger partial charge in [-0.25, -0.2) is 0 Å². The van der Waals surface area contributed by atoms with E-state index in [1.165, 1.54) is 12.8 Å². The minimum atomic E-state index is -0.143. The van der Waals surface area contributed by atoms with E-state index in [1.54, 1.807) is 0 Å². The molecule has 3 heteroatoms. The zero-order chi connectivity index (χ0) is 11.5. The first-order valence-corrected chi connectivity index (χ1v) is 6.13. The van der Waals surface area contributed by atoms with Crippen LogP contribution in [0.15, 0.2) is 0 Å². The predicted octanol–water partition coefficient (Wildman–Crippen LogP) is 2.50. The van der Waals surface area contributed by atoms with Gasteiger partial charge in [-0.2, -0.15) is 0 Å². The maximum absolute atomic E-state index is 11.1. The van der Waals surface area contributed by atoms with Gasteiger partial charge in [-0.05, 0) is 19.8 Å². The molecule has 0 radical (unpaired) electrons. The minimum absolute atomic E-state index is 0.143. The van der Waals surface area contributed by atoms with Crippen LogP contribution in [0.2, 0.25) is 0 Å². The van der Waals surface area contributed by atoms with Crippen molar-refractivity contribution < 1.29 is 9.53 Å². The van der Waals surface area contributed by atoms with E-state index >= 15 is 0 Å². The highest BCUT2D eigenvalue weighted by molar-refractivity contribution is 5.71. The maximum Gasteiger partial charge on any atom is 0.319 e. The summed E-state index contributed by atoms with van der Waals surface area (Å²) in [4.78, 5) is 11.1. The van der Waals surface area contributed by atoms with Gasteiger partial charge in [0.25, 0.3) is 0 Å². The average molecular weight is 215 g/mol. The van der Waals surface area contributed by atoms with Crippen LogP contribution in [0.3, 0.4) is 0 Å². The lowest BCUT2D eigenvalue weighted by Crippen LogP contribution is -2.34. The number of carbonyl (C=O) groups is 1. The summed E-state index contributed by atoms with van der Waals surface area (Å²) < 4.78 is 4.87. The van der Waals surface area contributed by atoms with Gasteiger partial charge >= 0.3 is 5.97 Å². The topological polar surface area (TPSA) is 38.3 Å². The van der Waals surface area contributed by atoms with Crippen molar-refractivity contribution in [2.24, 2.45) is 0 Å². The highest BCUT2D eigenvalue weighted by Crippen LogP contribution is 2.06. The smallest absolute Gasteiger partial charge is 0.319 e. The molecule has 15 heavy (non-hydrogen) atoms. The van der Waals surface area contributed by atoms with Gasteiger partial charge in [0.2, 0.25) is 0 Å². The first kappa shape index (κ1) is 14.4. The highest BCUT2D eigenvalue weighted by Gasteiger charge is 2.09. The molecular formula is C12H25NO2. The first-order chi connectivity index (χ1) is 7.24. The Balaban J connectivity index is 3.68. The van der Waals surface area contributed by atoms with E-state index in [9.17, 15) is 4.79 Å². The van der Waals surface area contributed by atoms with E-state index in [-0.39, 0.29) is 5.97 Å². The minimum Gasteiger partial charge on any atom is -0.465 e. The SMILES string of the molecule is CCCCC(CCC)NCC(=O)OCC. The molecule has 0 aromatic carbocycles. The lowest BCUT2D eigenvalue weighted by Gasteiger charge is -2.17. The Morgan fingerprint density at radius 2 is 1.93 bits per heavy atom. The molecule has 1 atom stereocenters. The molecule has 1 unspecified atom stereocenters. The first-order valence-electron chi connectivity index (χ1n) is 6.13. The molecule has 0 aromatic heterocycles. The Labute approximate surface area is 93.6 Å². The molecule has 0 heterocycles. The molecule has 0 saturated heterocycles. The second-order valence-corrected chi connectivity index (χ2v) is 3.81. The number of unbranched alkanes of at least 4 members (excludes halogenated alkanes) is 1. The zero-order valence-electron chi connectivity index (χ0n) is 10.3. The monoisotopic (exact) mass is 215 g/mol. The van der Waals surface area contributed by atoms with Gasteiger partial charge in [0.15, 0.2) is 0 Å². The molecular weight excluding hydrogens is 190 g/mol. The Morgan fingerprint density at radius 1 is 1.20 bits per heavy atom. The molecule has 0 rings (SSSR count). The second kappa shape index (κ2) is 9.97. The molecule has 0 fully saturated rings. The van der Waals surface area contributed by atoms with E-state index in [2.05, 4.69) is 19.2 Å². The van der Waals surface area contributed by atoms with Crippen LogP contribution in [0.25, 0.3) is 0 Å². The van der Waals surface area contributed by atoms with Gasteiger partial charge in [0.05, 0.1) is 13.2 Å². The standard InChI is InChI=1S/C12H25NO2/c1-4-7-9-11(8-5-2)13-10-12(14)15-6-3/h11,13H,4-10H2,1-3H3. The lowest BCUT2D eigenvalue weighted by atomic mass is 10.1. The highest BCUT2D eigenvalue weighted by atomic mass is 16.5. The molecule has 1 N–H and O–H groups in total. The summed E-state index contributed by atoms with van der Waals surface area (Å²) >= 11 is 0. The van der Waals surface area contributed by atoms with Gasteiger partial charge in [-0.1, -0.05) is 33.1 Å². The van der Waals surface area contributed by atoms with Crippen LogP contribution in [0.1, 0.15) is 52.9 Å². The van der Waals surface area contributed by atoms with Crippen LogP contribution in [0.5, 0.6) is 0 Å². The number of hydrogen-bond donors (Lipinski definition) is 1. The fourth-order valence-corrected chi connectivity index (χ4v) is 1.59. The van der Waals surface area contributed by atoms with Crippen molar-refractivity contribution in [3.8, 4) is 0 Å². The van der Waals surface area contributed by atoms with Crippen LogP contribution in [0.4, 0.5) is 0 Å². The van der Waals surface area contributed by atoms with Crippen LogP contribution in [-0.4, -0.2) is 25.2 Å². The van der Waals surface area contributed by atoms with Gasteiger partial charge in [0, 0.05) is 6.04 Å². The van der Waals surface area contributed by atoms with Crippen molar-refractivity contribution in [3.05, 3.63) is 0 Å². The molecule has 0 aliphatic carbocycles.